The van der Waals surface area contributed by atoms with Crippen LogP contribution >= 0.6 is 22.6 Å². The summed E-state index contributed by atoms with van der Waals surface area (Å²) >= 11 is 1.76. The van der Waals surface area contributed by atoms with Gasteiger partial charge in [-0.25, -0.2) is 4.79 Å². The van der Waals surface area contributed by atoms with Crippen LogP contribution in [0.4, 0.5) is 0 Å². The molecule has 1 spiro atoms. The van der Waals surface area contributed by atoms with Crippen molar-refractivity contribution < 1.29 is 23.8 Å². The second-order valence-corrected chi connectivity index (χ2v) is 6.19. The number of halogens is 1. The number of carbonyl (C=O) groups is 2. The minimum Gasteiger partial charge on any atom is -0.454 e. The lowest BCUT2D eigenvalue weighted by molar-refractivity contribution is -0.164. The minimum absolute atomic E-state index is 0.158. The van der Waals surface area contributed by atoms with Crippen LogP contribution in [0.3, 0.4) is 0 Å². The highest BCUT2D eigenvalue weighted by molar-refractivity contribution is 14.1. The number of esters is 1. The second-order valence-electron chi connectivity index (χ2n) is 4.89. The van der Waals surface area contributed by atoms with Crippen LogP contribution in [-0.4, -0.2) is 36.9 Å². The van der Waals surface area contributed by atoms with E-state index in [1.165, 1.54) is 0 Å². The van der Waals surface area contributed by atoms with E-state index >= 15 is 0 Å². The van der Waals surface area contributed by atoms with Gasteiger partial charge in [0.25, 0.3) is 0 Å². The van der Waals surface area contributed by atoms with Crippen molar-refractivity contribution in [3.63, 3.8) is 0 Å². The van der Waals surface area contributed by atoms with Crippen LogP contribution in [0.2, 0.25) is 0 Å². The maximum absolute atomic E-state index is 11.7. The Morgan fingerprint density at radius 2 is 2.05 bits per heavy atom. The molecule has 1 saturated carbocycles. The summed E-state index contributed by atoms with van der Waals surface area (Å²) in [6, 6.07) is 0. The minimum atomic E-state index is -0.551. The SMILES string of the molecule is C=C(I)C(=O)OCC(=O)CC1COC2(CCCC2)O1. The van der Waals surface area contributed by atoms with Gasteiger partial charge in [-0.1, -0.05) is 6.58 Å². The molecule has 1 unspecified atom stereocenters. The van der Waals surface area contributed by atoms with E-state index in [0.717, 1.165) is 25.7 Å². The van der Waals surface area contributed by atoms with E-state index in [1.807, 2.05) is 0 Å². The van der Waals surface area contributed by atoms with Gasteiger partial charge in [-0.15, -0.1) is 0 Å². The molecular weight excluding hydrogens is 363 g/mol. The zero-order valence-electron chi connectivity index (χ0n) is 10.7. The molecule has 2 fully saturated rings. The number of rotatable bonds is 5. The maximum Gasteiger partial charge on any atom is 0.344 e. The van der Waals surface area contributed by atoms with Gasteiger partial charge >= 0.3 is 5.97 Å². The smallest absolute Gasteiger partial charge is 0.344 e. The zero-order chi connectivity index (χ0) is 13.9. The van der Waals surface area contributed by atoms with Crippen LogP contribution < -0.4 is 0 Å². The van der Waals surface area contributed by atoms with E-state index in [9.17, 15) is 9.59 Å². The molecule has 0 amide bonds. The fraction of sp³-hybridized carbons (Fsp3) is 0.692. The predicted octanol–water partition coefficient (Wildman–Crippen LogP) is 2.12. The van der Waals surface area contributed by atoms with Gasteiger partial charge in [-0.2, -0.15) is 0 Å². The van der Waals surface area contributed by atoms with E-state index in [1.54, 1.807) is 22.6 Å². The maximum atomic E-state index is 11.7. The molecule has 1 heterocycles. The molecule has 106 valence electrons. The highest BCUT2D eigenvalue weighted by Gasteiger charge is 2.43. The molecule has 0 aromatic heterocycles. The Labute approximate surface area is 125 Å². The molecule has 2 aliphatic rings. The normalized spacial score (nSPS) is 24.6. The highest BCUT2D eigenvalue weighted by atomic mass is 127. The van der Waals surface area contributed by atoms with Gasteiger partial charge in [0, 0.05) is 19.3 Å². The van der Waals surface area contributed by atoms with Crippen LogP contribution in [-0.2, 0) is 23.8 Å². The summed E-state index contributed by atoms with van der Waals surface area (Å²) in [5, 5.41) is 0. The topological polar surface area (TPSA) is 61.8 Å². The van der Waals surface area contributed by atoms with E-state index in [-0.39, 0.29) is 28.5 Å². The summed E-state index contributed by atoms with van der Waals surface area (Å²) in [6.07, 6.45) is 4.03. The van der Waals surface area contributed by atoms with Crippen LogP contribution in [0.15, 0.2) is 10.2 Å². The van der Waals surface area contributed by atoms with Crippen LogP contribution in [0.1, 0.15) is 32.1 Å². The Kier molecular flexibility index (Phi) is 4.97. The molecule has 0 N–H and O–H groups in total. The van der Waals surface area contributed by atoms with Gasteiger partial charge in [-0.05, 0) is 35.4 Å². The van der Waals surface area contributed by atoms with Crippen molar-refractivity contribution in [2.24, 2.45) is 0 Å². The molecule has 1 atom stereocenters. The number of carbonyl (C=O) groups excluding carboxylic acids is 2. The number of hydrogen-bond acceptors (Lipinski definition) is 5. The summed E-state index contributed by atoms with van der Waals surface area (Å²) in [7, 11) is 0. The first kappa shape index (κ1) is 14.9. The lowest BCUT2D eigenvalue weighted by atomic mass is 10.2. The number of ketones is 1. The summed E-state index contributed by atoms with van der Waals surface area (Å²) in [5.41, 5.74) is 0. The Bertz CT molecular complexity index is 386. The summed E-state index contributed by atoms with van der Waals surface area (Å²) < 4.78 is 16.6. The Balaban J connectivity index is 1.72. The van der Waals surface area contributed by atoms with Crippen LogP contribution in [0.25, 0.3) is 0 Å². The van der Waals surface area contributed by atoms with Crippen LogP contribution in [0.5, 0.6) is 0 Å². The highest BCUT2D eigenvalue weighted by Crippen LogP contribution is 2.39. The molecule has 1 saturated heterocycles. The molecule has 1 aliphatic heterocycles. The quantitative estimate of drug-likeness (QED) is 0.416. The van der Waals surface area contributed by atoms with Crippen LogP contribution in [0, 0.1) is 0 Å². The molecule has 2 rings (SSSR count). The zero-order valence-corrected chi connectivity index (χ0v) is 12.8. The third kappa shape index (κ3) is 4.00. The fourth-order valence-electron chi connectivity index (χ4n) is 2.43. The Morgan fingerprint density at radius 3 is 2.68 bits per heavy atom. The van der Waals surface area contributed by atoms with Crippen molar-refractivity contribution in [3.8, 4) is 0 Å². The molecule has 1 aliphatic carbocycles. The Morgan fingerprint density at radius 1 is 1.37 bits per heavy atom. The van der Waals surface area contributed by atoms with Gasteiger partial charge in [0.15, 0.2) is 11.6 Å². The summed E-state index contributed by atoms with van der Waals surface area (Å²) in [6.45, 7) is 3.66. The van der Waals surface area contributed by atoms with E-state index in [0.29, 0.717) is 6.61 Å². The van der Waals surface area contributed by atoms with Crippen molar-refractivity contribution in [2.75, 3.05) is 13.2 Å². The standard InChI is InChI=1S/C13H17IO5/c1-9(14)12(16)17-7-10(15)6-11-8-18-13(19-11)4-2-3-5-13/h11H,1-8H2. The predicted molar refractivity (Wildman–Crippen MR) is 75.8 cm³/mol. The van der Waals surface area contributed by atoms with Gasteiger partial charge in [0.1, 0.15) is 6.61 Å². The average molecular weight is 380 g/mol. The third-order valence-electron chi connectivity index (χ3n) is 3.32. The lowest BCUT2D eigenvalue weighted by Crippen LogP contribution is -2.27. The van der Waals surface area contributed by atoms with E-state index in [2.05, 4.69) is 6.58 Å². The molecule has 0 radical (unpaired) electrons. The van der Waals surface area contributed by atoms with Gasteiger partial charge in [0.05, 0.1) is 16.3 Å². The van der Waals surface area contributed by atoms with Gasteiger partial charge in [-0.3, -0.25) is 4.79 Å². The first-order chi connectivity index (χ1) is 9.01. The van der Waals surface area contributed by atoms with Gasteiger partial charge in [0.2, 0.25) is 0 Å². The van der Waals surface area contributed by atoms with E-state index in [4.69, 9.17) is 14.2 Å². The first-order valence-electron chi connectivity index (χ1n) is 6.36. The van der Waals surface area contributed by atoms with Crippen molar-refractivity contribution in [1.82, 2.24) is 0 Å². The van der Waals surface area contributed by atoms with Crippen molar-refractivity contribution in [1.29, 1.82) is 0 Å². The fourth-order valence-corrected chi connectivity index (χ4v) is 2.59. The number of ether oxygens (including phenoxy) is 3. The first-order valence-corrected chi connectivity index (χ1v) is 7.44. The number of hydrogen-bond donors (Lipinski definition) is 0. The Hall–Kier alpha value is -0.470. The molecule has 0 aromatic carbocycles. The van der Waals surface area contributed by atoms with E-state index < -0.39 is 11.8 Å². The third-order valence-corrected chi connectivity index (χ3v) is 3.76. The average Bonchev–Trinajstić information content (AvgIpc) is 2.97. The van der Waals surface area contributed by atoms with Crippen molar-refractivity contribution in [3.05, 3.63) is 10.2 Å². The van der Waals surface area contributed by atoms with Crippen molar-refractivity contribution in [2.45, 2.75) is 44.0 Å². The van der Waals surface area contributed by atoms with Crippen molar-refractivity contribution >= 4 is 34.3 Å². The number of Topliss-reactive ketones (excluding diaryl/α,β-unsaturated/α-hetero) is 1. The summed E-state index contributed by atoms with van der Waals surface area (Å²) in [5.74, 6) is -1.16. The lowest BCUT2D eigenvalue weighted by Gasteiger charge is -2.21. The summed E-state index contributed by atoms with van der Waals surface area (Å²) in [4.78, 5) is 22.8. The molecule has 0 bridgehead atoms. The van der Waals surface area contributed by atoms with Gasteiger partial charge < -0.3 is 14.2 Å². The molecule has 5 nitrogen and oxygen atoms in total. The monoisotopic (exact) mass is 380 g/mol. The second kappa shape index (κ2) is 6.32. The molecule has 6 heteroatoms. The molecule has 0 aromatic rings. The molecular formula is C13H17IO5. The largest absolute Gasteiger partial charge is 0.454 e. The molecule has 19 heavy (non-hydrogen) atoms.